The summed E-state index contributed by atoms with van der Waals surface area (Å²) in [4.78, 5) is 10.6. The molecule has 0 saturated carbocycles. The van der Waals surface area contributed by atoms with Crippen LogP contribution in [0.5, 0.6) is 0 Å². The zero-order valence-corrected chi connectivity index (χ0v) is 8.72. The molecule has 0 unspecified atom stereocenters. The minimum absolute atomic E-state index is 0.497. The van der Waals surface area contributed by atoms with Gasteiger partial charge < -0.3 is 13.6 Å². The molecular weight excluding hydrogens is 208 g/mol. The minimum atomic E-state index is -0.668. The summed E-state index contributed by atoms with van der Waals surface area (Å²) in [6, 6.07) is 9.89. The molecule has 2 aromatic rings. The minimum Gasteiger partial charge on any atom is -0.399 e. The zero-order chi connectivity index (χ0) is 11.2. The molecule has 0 N–H and O–H groups in total. The second-order valence-electron chi connectivity index (χ2n) is 3.34. The van der Waals surface area contributed by atoms with E-state index in [0.717, 1.165) is 5.56 Å². The van der Waals surface area contributed by atoms with Crippen LogP contribution in [0.4, 0.5) is 0 Å². The highest BCUT2D eigenvalue weighted by molar-refractivity contribution is 5.13. The Morgan fingerprint density at radius 1 is 1.19 bits per heavy atom. The van der Waals surface area contributed by atoms with Crippen molar-refractivity contribution < 1.29 is 13.6 Å². The molecule has 16 heavy (non-hydrogen) atoms. The molecule has 4 heteroatoms. The van der Waals surface area contributed by atoms with Crippen LogP contribution in [0.25, 0.3) is 0 Å². The topological polar surface area (TPSA) is 52.6 Å². The maximum absolute atomic E-state index is 10.6. The van der Waals surface area contributed by atoms with Crippen LogP contribution < -0.4 is 5.82 Å². The van der Waals surface area contributed by atoms with Crippen molar-refractivity contribution >= 4 is 0 Å². The lowest BCUT2D eigenvalue weighted by atomic mass is 10.2. The molecule has 0 spiro atoms. The Morgan fingerprint density at radius 2 is 2.00 bits per heavy atom. The van der Waals surface area contributed by atoms with E-state index in [1.54, 1.807) is 0 Å². The van der Waals surface area contributed by atoms with Gasteiger partial charge in [0.15, 0.2) is 0 Å². The van der Waals surface area contributed by atoms with E-state index in [0.29, 0.717) is 25.4 Å². The fourth-order valence-electron chi connectivity index (χ4n) is 1.32. The average Bonchev–Trinajstić information content (AvgIpc) is 2.72. The molecule has 84 valence electrons. The molecule has 0 fully saturated rings. The third-order valence-electron chi connectivity index (χ3n) is 2.11. The lowest BCUT2D eigenvalue weighted by molar-refractivity contribution is 0.120. The van der Waals surface area contributed by atoms with E-state index < -0.39 is 5.82 Å². The third-order valence-corrected chi connectivity index (χ3v) is 2.11. The first-order valence-corrected chi connectivity index (χ1v) is 5.04. The van der Waals surface area contributed by atoms with Gasteiger partial charge in [-0.3, -0.25) is 0 Å². The molecule has 0 aliphatic rings. The molecule has 1 aromatic heterocycles. The van der Waals surface area contributed by atoms with Crippen LogP contribution in [0.1, 0.15) is 11.3 Å². The molecule has 0 aliphatic heterocycles. The van der Waals surface area contributed by atoms with Gasteiger partial charge in [-0.1, -0.05) is 30.3 Å². The van der Waals surface area contributed by atoms with Gasteiger partial charge in [0.1, 0.15) is 12.0 Å². The maximum atomic E-state index is 10.6. The van der Waals surface area contributed by atoms with E-state index in [2.05, 4.69) is 4.42 Å². The highest BCUT2D eigenvalue weighted by Crippen LogP contribution is 2.02. The molecule has 0 radical (unpaired) electrons. The van der Waals surface area contributed by atoms with Crippen LogP contribution in [0.3, 0.4) is 0 Å². The van der Waals surface area contributed by atoms with E-state index in [1.807, 2.05) is 30.3 Å². The number of hydrogen-bond acceptors (Lipinski definition) is 4. The monoisotopic (exact) mass is 220 g/mol. The summed E-state index contributed by atoms with van der Waals surface area (Å²) in [6.07, 6.45) is 1.85. The largest absolute Gasteiger partial charge is 0.518 e. The second kappa shape index (κ2) is 5.32. The zero-order valence-electron chi connectivity index (χ0n) is 8.72. The summed E-state index contributed by atoms with van der Waals surface area (Å²) in [5.74, 6) is -0.156. The van der Waals surface area contributed by atoms with E-state index in [-0.39, 0.29) is 0 Å². The van der Waals surface area contributed by atoms with Crippen LogP contribution >= 0.6 is 0 Å². The highest BCUT2D eigenvalue weighted by Gasteiger charge is 2.00. The van der Waals surface area contributed by atoms with E-state index in [4.69, 9.17) is 9.15 Å². The normalized spacial score (nSPS) is 10.5. The Kier molecular flexibility index (Phi) is 3.56. The molecule has 2 rings (SSSR count). The molecule has 0 bridgehead atoms. The molecular formula is C12H12O4. The molecule has 0 aliphatic carbocycles. The standard InChI is InChI=1S/C12H12O4/c13-12-15-9-11(16-12)6-7-14-8-10-4-2-1-3-5-10/h1-5,9H,6-8H2. The van der Waals surface area contributed by atoms with Crippen LogP contribution in [0, 0.1) is 0 Å². The van der Waals surface area contributed by atoms with Gasteiger partial charge in [0.05, 0.1) is 13.2 Å². The molecule has 1 aromatic carbocycles. The fraction of sp³-hybridized carbons (Fsp3) is 0.250. The van der Waals surface area contributed by atoms with Crippen molar-refractivity contribution in [2.45, 2.75) is 13.0 Å². The van der Waals surface area contributed by atoms with Crippen molar-refractivity contribution in [2.24, 2.45) is 0 Å². The van der Waals surface area contributed by atoms with Gasteiger partial charge in [-0.25, -0.2) is 4.79 Å². The Bertz CT molecular complexity index is 469. The first-order chi connectivity index (χ1) is 7.84. The molecule has 0 saturated heterocycles. The quantitative estimate of drug-likeness (QED) is 0.723. The van der Waals surface area contributed by atoms with Gasteiger partial charge in [-0.05, 0) is 5.56 Å². The second-order valence-corrected chi connectivity index (χ2v) is 3.34. The Balaban J connectivity index is 1.71. The SMILES string of the molecule is O=c1occ(CCOCc2ccccc2)o1. The van der Waals surface area contributed by atoms with Crippen molar-refractivity contribution in [2.75, 3.05) is 6.61 Å². The average molecular weight is 220 g/mol. The summed E-state index contributed by atoms with van der Waals surface area (Å²) >= 11 is 0. The van der Waals surface area contributed by atoms with Crippen molar-refractivity contribution in [1.29, 1.82) is 0 Å². The smallest absolute Gasteiger partial charge is 0.399 e. The van der Waals surface area contributed by atoms with Crippen LogP contribution in [0.2, 0.25) is 0 Å². The number of benzene rings is 1. The first kappa shape index (κ1) is 10.7. The van der Waals surface area contributed by atoms with Crippen molar-refractivity contribution in [3.63, 3.8) is 0 Å². The van der Waals surface area contributed by atoms with E-state index >= 15 is 0 Å². The Labute approximate surface area is 92.5 Å². The predicted octanol–water partition coefficient (Wildman–Crippen LogP) is 1.99. The summed E-state index contributed by atoms with van der Waals surface area (Å²) in [6.45, 7) is 1.06. The summed E-state index contributed by atoms with van der Waals surface area (Å²) in [7, 11) is 0. The van der Waals surface area contributed by atoms with Gasteiger partial charge in [0.2, 0.25) is 0 Å². The van der Waals surface area contributed by atoms with Gasteiger partial charge in [0.25, 0.3) is 0 Å². The van der Waals surface area contributed by atoms with Crippen LogP contribution in [-0.4, -0.2) is 6.61 Å². The van der Waals surface area contributed by atoms with Gasteiger partial charge in [-0.15, -0.1) is 0 Å². The van der Waals surface area contributed by atoms with Crippen molar-refractivity contribution in [1.82, 2.24) is 0 Å². The van der Waals surface area contributed by atoms with Crippen LogP contribution in [0.15, 0.2) is 50.2 Å². The van der Waals surface area contributed by atoms with Crippen molar-refractivity contribution in [3.8, 4) is 0 Å². The Hall–Kier alpha value is -1.81. The summed E-state index contributed by atoms with van der Waals surface area (Å²) < 4.78 is 14.7. The molecule has 0 atom stereocenters. The number of hydrogen-bond donors (Lipinski definition) is 0. The molecule has 4 nitrogen and oxygen atoms in total. The first-order valence-electron chi connectivity index (χ1n) is 5.04. The van der Waals surface area contributed by atoms with E-state index in [9.17, 15) is 4.79 Å². The molecule has 1 heterocycles. The highest BCUT2D eigenvalue weighted by atomic mass is 16.6. The Morgan fingerprint density at radius 3 is 2.69 bits per heavy atom. The van der Waals surface area contributed by atoms with Gasteiger partial charge in [-0.2, -0.15) is 0 Å². The number of rotatable bonds is 5. The third kappa shape index (κ3) is 3.10. The molecule has 0 amide bonds. The van der Waals surface area contributed by atoms with Gasteiger partial charge >= 0.3 is 5.82 Å². The van der Waals surface area contributed by atoms with Crippen molar-refractivity contribution in [3.05, 3.63) is 58.5 Å². The lowest BCUT2D eigenvalue weighted by Gasteiger charge is -2.01. The van der Waals surface area contributed by atoms with E-state index in [1.165, 1.54) is 6.26 Å². The summed E-state index contributed by atoms with van der Waals surface area (Å²) in [5, 5.41) is 0. The van der Waals surface area contributed by atoms with Crippen LogP contribution in [-0.2, 0) is 17.8 Å². The fourth-order valence-corrected chi connectivity index (χ4v) is 1.32. The van der Waals surface area contributed by atoms with Gasteiger partial charge in [0, 0.05) is 6.42 Å². The maximum Gasteiger partial charge on any atom is 0.518 e. The summed E-state index contributed by atoms with van der Waals surface area (Å²) in [5.41, 5.74) is 1.12. The lowest BCUT2D eigenvalue weighted by Crippen LogP contribution is -1.98. The predicted molar refractivity (Wildman–Crippen MR) is 57.0 cm³/mol. The number of ether oxygens (including phenoxy) is 1.